The smallest absolute Gasteiger partial charge is 0.216 e. The van der Waals surface area contributed by atoms with Crippen LogP contribution in [0.4, 0.5) is 5.82 Å². The Balaban J connectivity index is 1.60. The number of Topliss-reactive ketones (excluding diaryl/α,β-unsaturated/α-hetero) is 1. The molecule has 1 saturated heterocycles. The zero-order valence-corrected chi connectivity index (χ0v) is 15.7. The van der Waals surface area contributed by atoms with E-state index in [-0.39, 0.29) is 17.1 Å². The average molecular weight is 388 g/mol. The molecule has 0 aromatic carbocycles. The van der Waals surface area contributed by atoms with Crippen LogP contribution in [0.5, 0.6) is 0 Å². The molecule has 2 aromatic heterocycles. The van der Waals surface area contributed by atoms with E-state index in [4.69, 9.17) is 10.1 Å². The third-order valence-corrected chi connectivity index (χ3v) is 4.63. The summed E-state index contributed by atoms with van der Waals surface area (Å²) in [6.45, 7) is 2.97. The van der Waals surface area contributed by atoms with Crippen LogP contribution in [0.25, 0.3) is 5.70 Å². The van der Waals surface area contributed by atoms with Crippen molar-refractivity contribution in [1.82, 2.24) is 15.3 Å². The first-order valence-electron chi connectivity index (χ1n) is 9.27. The van der Waals surface area contributed by atoms with Crippen LogP contribution in [0.1, 0.15) is 16.1 Å². The van der Waals surface area contributed by atoms with Crippen LogP contribution >= 0.6 is 0 Å². The Morgan fingerprint density at radius 1 is 1.17 bits per heavy atom. The molecule has 0 radical (unpaired) electrons. The van der Waals surface area contributed by atoms with Gasteiger partial charge in [0.1, 0.15) is 17.3 Å². The predicted octanol–water partition coefficient (Wildman–Crippen LogP) is 2.07. The van der Waals surface area contributed by atoms with E-state index < -0.39 is 0 Å². The Hall–Kier alpha value is -3.65. The summed E-state index contributed by atoms with van der Waals surface area (Å²) in [5, 5.41) is 10.9. The van der Waals surface area contributed by atoms with Gasteiger partial charge in [0.05, 0.1) is 18.8 Å². The van der Waals surface area contributed by atoms with Gasteiger partial charge in [-0.1, -0.05) is 6.07 Å². The fourth-order valence-corrected chi connectivity index (χ4v) is 3.12. The molecule has 0 atom stereocenters. The molecule has 2 N–H and O–H groups in total. The summed E-state index contributed by atoms with van der Waals surface area (Å²) in [6.07, 6.45) is 7.76. The van der Waals surface area contributed by atoms with Crippen LogP contribution in [0, 0.1) is 5.41 Å². The third-order valence-electron chi connectivity index (χ3n) is 4.63. The molecule has 146 valence electrons. The number of rotatable bonds is 5. The number of aliphatic imine (C=N–C) groups is 1. The van der Waals surface area contributed by atoms with Crippen molar-refractivity contribution in [2.24, 2.45) is 4.99 Å². The molecule has 4 rings (SSSR count). The van der Waals surface area contributed by atoms with E-state index in [1.165, 1.54) is 0 Å². The Morgan fingerprint density at radius 2 is 2.03 bits per heavy atom. The number of carbonyl (C=O) groups is 1. The van der Waals surface area contributed by atoms with E-state index in [1.807, 2.05) is 18.2 Å². The van der Waals surface area contributed by atoms with Gasteiger partial charge in [0, 0.05) is 49.2 Å². The molecule has 0 spiro atoms. The van der Waals surface area contributed by atoms with Gasteiger partial charge in [-0.25, -0.2) is 9.98 Å². The number of ether oxygens (including phenoxy) is 1. The highest BCUT2D eigenvalue weighted by atomic mass is 16.5. The molecule has 8 nitrogen and oxygen atoms in total. The molecular formula is C21H20N6O2. The molecule has 0 saturated carbocycles. The highest BCUT2D eigenvalue weighted by Crippen LogP contribution is 2.22. The Labute approximate surface area is 168 Å². The number of nitrogens with one attached hydrogen (secondary N) is 2. The normalized spacial score (nSPS) is 17.9. The molecule has 4 heterocycles. The van der Waals surface area contributed by atoms with E-state index in [0.717, 1.165) is 36.4 Å². The Kier molecular flexibility index (Phi) is 5.53. The lowest BCUT2D eigenvalue weighted by atomic mass is 10.1. The van der Waals surface area contributed by atoms with Crippen molar-refractivity contribution < 1.29 is 9.53 Å². The van der Waals surface area contributed by atoms with Crippen molar-refractivity contribution in [2.45, 2.75) is 0 Å². The summed E-state index contributed by atoms with van der Waals surface area (Å²) in [5.41, 5.74) is 2.11. The minimum atomic E-state index is -0.356. The summed E-state index contributed by atoms with van der Waals surface area (Å²) < 4.78 is 5.40. The number of nitrogens with zero attached hydrogens (tertiary/aromatic N) is 4. The molecular weight excluding hydrogens is 368 g/mol. The van der Waals surface area contributed by atoms with Gasteiger partial charge in [-0.05, 0) is 30.3 Å². The van der Waals surface area contributed by atoms with Gasteiger partial charge < -0.3 is 20.4 Å². The molecule has 8 heteroatoms. The van der Waals surface area contributed by atoms with Gasteiger partial charge in [-0.3, -0.25) is 9.78 Å². The maximum Gasteiger partial charge on any atom is 0.216 e. The van der Waals surface area contributed by atoms with Crippen LogP contribution in [0.3, 0.4) is 0 Å². The van der Waals surface area contributed by atoms with E-state index >= 15 is 0 Å². The van der Waals surface area contributed by atoms with Crippen LogP contribution in [0.2, 0.25) is 0 Å². The molecule has 29 heavy (non-hydrogen) atoms. The lowest BCUT2D eigenvalue weighted by molar-refractivity contribution is 0.103. The summed E-state index contributed by atoms with van der Waals surface area (Å²) in [6, 6.07) is 8.98. The number of pyridine rings is 2. The van der Waals surface area contributed by atoms with Crippen molar-refractivity contribution in [3.8, 4) is 0 Å². The molecule has 2 aliphatic heterocycles. The molecule has 2 aromatic rings. The second kappa shape index (κ2) is 8.57. The number of carbonyl (C=O) groups excluding carboxylic acids is 1. The maximum absolute atomic E-state index is 12.7. The SMILES string of the molecule is N=C/C(C(=O)c1ccccn1)=C1/N=CC=C(c2ccnc(N3CCOCC3)c2)N1. The largest absolute Gasteiger partial charge is 0.378 e. The first-order valence-corrected chi connectivity index (χ1v) is 9.27. The maximum atomic E-state index is 12.7. The number of anilines is 1. The summed E-state index contributed by atoms with van der Waals surface area (Å²) in [5.74, 6) is 0.835. The number of ketones is 1. The number of hydrogen-bond donors (Lipinski definition) is 2. The van der Waals surface area contributed by atoms with Crippen LogP contribution in [0.15, 0.2) is 65.2 Å². The Morgan fingerprint density at radius 3 is 2.79 bits per heavy atom. The number of aromatic nitrogens is 2. The van der Waals surface area contributed by atoms with Crippen molar-refractivity contribution in [1.29, 1.82) is 5.41 Å². The van der Waals surface area contributed by atoms with E-state index in [2.05, 4.69) is 25.2 Å². The van der Waals surface area contributed by atoms with Gasteiger partial charge in [-0.15, -0.1) is 0 Å². The van der Waals surface area contributed by atoms with Gasteiger partial charge >= 0.3 is 0 Å². The fourth-order valence-electron chi connectivity index (χ4n) is 3.12. The zero-order valence-electron chi connectivity index (χ0n) is 15.7. The Bertz CT molecular complexity index is 1010. The molecule has 0 bridgehead atoms. The zero-order chi connectivity index (χ0) is 20.1. The molecule has 0 amide bonds. The lowest BCUT2D eigenvalue weighted by Crippen LogP contribution is -2.36. The second-order valence-electron chi connectivity index (χ2n) is 6.44. The summed E-state index contributed by atoms with van der Waals surface area (Å²) >= 11 is 0. The second-order valence-corrected chi connectivity index (χ2v) is 6.44. The van der Waals surface area contributed by atoms with E-state index in [1.54, 1.807) is 36.8 Å². The topological polar surface area (TPSA) is 104 Å². The van der Waals surface area contributed by atoms with Crippen molar-refractivity contribution in [3.63, 3.8) is 0 Å². The molecule has 2 aliphatic rings. The lowest BCUT2D eigenvalue weighted by Gasteiger charge is -2.28. The number of allylic oxidation sites excluding steroid dienone is 2. The minimum absolute atomic E-state index is 0.146. The van der Waals surface area contributed by atoms with Crippen molar-refractivity contribution in [3.05, 3.63) is 71.5 Å². The standard InChI is InChI=1S/C21H20N6O2/c22-14-16(20(28)18-3-1-2-6-23-18)21-25-8-5-17(26-21)15-4-7-24-19(13-15)27-9-11-29-12-10-27/h1-8,13-14,22,26H,9-12H2/b21-16+,22-14?. The van der Waals surface area contributed by atoms with E-state index in [0.29, 0.717) is 19.0 Å². The number of hydrogen-bond acceptors (Lipinski definition) is 8. The molecule has 1 fully saturated rings. The fraction of sp³-hybridized carbons (Fsp3) is 0.190. The minimum Gasteiger partial charge on any atom is -0.378 e. The number of morpholine rings is 1. The predicted molar refractivity (Wildman–Crippen MR) is 111 cm³/mol. The monoisotopic (exact) mass is 388 g/mol. The van der Waals surface area contributed by atoms with Gasteiger partial charge in [0.2, 0.25) is 5.78 Å². The molecule has 0 unspecified atom stereocenters. The van der Waals surface area contributed by atoms with Crippen molar-refractivity contribution in [2.75, 3.05) is 31.2 Å². The first-order chi connectivity index (χ1) is 14.3. The third kappa shape index (κ3) is 4.12. The first kappa shape index (κ1) is 18.7. The van der Waals surface area contributed by atoms with Gasteiger partial charge in [0.15, 0.2) is 0 Å². The highest BCUT2D eigenvalue weighted by molar-refractivity contribution is 6.20. The van der Waals surface area contributed by atoms with Crippen molar-refractivity contribution >= 4 is 29.7 Å². The summed E-state index contributed by atoms with van der Waals surface area (Å²) in [4.78, 5) is 27.7. The van der Waals surface area contributed by atoms with Crippen LogP contribution < -0.4 is 10.2 Å². The van der Waals surface area contributed by atoms with E-state index in [9.17, 15) is 4.79 Å². The van der Waals surface area contributed by atoms with Crippen LogP contribution in [-0.2, 0) is 4.74 Å². The quantitative estimate of drug-likeness (QED) is 0.462. The van der Waals surface area contributed by atoms with Gasteiger partial charge in [0.25, 0.3) is 0 Å². The van der Waals surface area contributed by atoms with Gasteiger partial charge in [-0.2, -0.15) is 0 Å². The van der Waals surface area contributed by atoms with Crippen LogP contribution in [-0.4, -0.2) is 54.5 Å². The highest BCUT2D eigenvalue weighted by Gasteiger charge is 2.19. The average Bonchev–Trinajstić information content (AvgIpc) is 2.81. The molecule has 0 aliphatic carbocycles. The summed E-state index contributed by atoms with van der Waals surface area (Å²) in [7, 11) is 0.